The Morgan fingerprint density at radius 3 is 2.63 bits per heavy atom. The molecule has 1 aromatic carbocycles. The van der Waals surface area contributed by atoms with E-state index in [0.717, 1.165) is 0 Å². The summed E-state index contributed by atoms with van der Waals surface area (Å²) < 4.78 is 28.4. The zero-order valence-corrected chi connectivity index (χ0v) is 11.4. The van der Waals surface area contributed by atoms with Gasteiger partial charge in [-0.2, -0.15) is 0 Å². The molecule has 1 aliphatic rings. The maximum atomic E-state index is 14.5. The predicted molar refractivity (Wildman–Crippen MR) is 74.7 cm³/mol. The molecule has 2 atom stereocenters. The molecule has 0 fully saturated rings. The van der Waals surface area contributed by atoms with Crippen LogP contribution >= 0.6 is 0 Å². The summed E-state index contributed by atoms with van der Waals surface area (Å²) in [6.45, 7) is 7.00. The topological polar surface area (TPSA) is 29.3 Å². The SMILES string of the molecule is C=C1C=C(c2ccc(N)cc2F)N(C)C(C)C1(C)F. The first-order chi connectivity index (χ1) is 8.75. The lowest BCUT2D eigenvalue weighted by Crippen LogP contribution is -2.47. The molecule has 0 bridgehead atoms. The van der Waals surface area contributed by atoms with Crippen molar-refractivity contribution in [1.29, 1.82) is 0 Å². The highest BCUT2D eigenvalue weighted by Gasteiger charge is 2.40. The third-order valence-corrected chi connectivity index (χ3v) is 3.95. The summed E-state index contributed by atoms with van der Waals surface area (Å²) in [5.41, 5.74) is 5.75. The van der Waals surface area contributed by atoms with Crippen molar-refractivity contribution in [2.75, 3.05) is 12.8 Å². The van der Waals surface area contributed by atoms with Crippen molar-refractivity contribution >= 4 is 11.4 Å². The lowest BCUT2D eigenvalue weighted by atomic mass is 9.85. The van der Waals surface area contributed by atoms with Gasteiger partial charge in [0.2, 0.25) is 0 Å². The molecule has 0 aromatic heterocycles. The summed E-state index contributed by atoms with van der Waals surface area (Å²) in [6, 6.07) is 4.08. The summed E-state index contributed by atoms with van der Waals surface area (Å²) in [5.74, 6) is -0.416. The van der Waals surface area contributed by atoms with Gasteiger partial charge in [-0.05, 0) is 43.7 Å². The number of alkyl halides is 1. The van der Waals surface area contributed by atoms with E-state index in [1.54, 1.807) is 37.1 Å². The van der Waals surface area contributed by atoms with E-state index in [-0.39, 0.29) is 0 Å². The summed E-state index contributed by atoms with van der Waals surface area (Å²) >= 11 is 0. The molecule has 2 nitrogen and oxygen atoms in total. The van der Waals surface area contributed by atoms with Crippen LogP contribution in [0.2, 0.25) is 0 Å². The van der Waals surface area contributed by atoms with Crippen molar-refractivity contribution in [2.45, 2.75) is 25.6 Å². The number of allylic oxidation sites excluding steroid dienone is 1. The van der Waals surface area contributed by atoms with E-state index in [1.165, 1.54) is 13.0 Å². The van der Waals surface area contributed by atoms with Gasteiger partial charge in [0.25, 0.3) is 0 Å². The van der Waals surface area contributed by atoms with Gasteiger partial charge in [-0.15, -0.1) is 0 Å². The molecule has 0 spiro atoms. The van der Waals surface area contributed by atoms with E-state index in [0.29, 0.717) is 22.5 Å². The number of hydrogen-bond acceptors (Lipinski definition) is 2. The van der Waals surface area contributed by atoms with Crippen LogP contribution in [-0.2, 0) is 0 Å². The smallest absolute Gasteiger partial charge is 0.152 e. The number of halogens is 2. The van der Waals surface area contributed by atoms with E-state index < -0.39 is 17.5 Å². The molecule has 1 heterocycles. The molecule has 0 radical (unpaired) electrons. The van der Waals surface area contributed by atoms with Gasteiger partial charge in [0.15, 0.2) is 5.67 Å². The van der Waals surface area contributed by atoms with Crippen LogP contribution in [-0.4, -0.2) is 23.7 Å². The van der Waals surface area contributed by atoms with Crippen molar-refractivity contribution < 1.29 is 8.78 Å². The van der Waals surface area contributed by atoms with Gasteiger partial charge in [0, 0.05) is 24.0 Å². The molecule has 2 unspecified atom stereocenters. The summed E-state index contributed by atoms with van der Waals surface area (Å²) in [5, 5.41) is 0. The van der Waals surface area contributed by atoms with Gasteiger partial charge < -0.3 is 10.6 Å². The Labute approximate surface area is 112 Å². The quantitative estimate of drug-likeness (QED) is 0.788. The number of anilines is 1. The number of benzene rings is 1. The summed E-state index contributed by atoms with van der Waals surface area (Å²) in [4.78, 5) is 1.73. The lowest BCUT2D eigenvalue weighted by molar-refractivity contribution is 0.124. The van der Waals surface area contributed by atoms with Gasteiger partial charge in [-0.1, -0.05) is 6.58 Å². The minimum Gasteiger partial charge on any atom is -0.399 e. The highest BCUT2D eigenvalue weighted by atomic mass is 19.1. The standard InChI is InChI=1S/C15H18F2N2/c1-9-7-14(19(4)10(2)15(9,3)17)12-6-5-11(18)8-13(12)16/h5-8,10H,1,18H2,2-4H3. The molecule has 1 aliphatic heterocycles. The van der Waals surface area contributed by atoms with Gasteiger partial charge in [-0.25, -0.2) is 8.78 Å². The minimum atomic E-state index is -1.53. The Morgan fingerprint density at radius 2 is 2.05 bits per heavy atom. The summed E-state index contributed by atoms with van der Waals surface area (Å²) in [6.07, 6.45) is 1.59. The Balaban J connectivity index is 2.53. The van der Waals surface area contributed by atoms with E-state index in [9.17, 15) is 8.78 Å². The average molecular weight is 264 g/mol. The molecular formula is C15H18F2N2. The number of hydrogen-bond donors (Lipinski definition) is 1. The fourth-order valence-corrected chi connectivity index (χ4v) is 2.26. The Kier molecular flexibility index (Phi) is 3.12. The number of rotatable bonds is 1. The zero-order chi connectivity index (χ0) is 14.4. The van der Waals surface area contributed by atoms with Crippen LogP contribution in [0.25, 0.3) is 5.70 Å². The molecule has 2 N–H and O–H groups in total. The highest BCUT2D eigenvalue weighted by Crippen LogP contribution is 2.39. The van der Waals surface area contributed by atoms with E-state index in [1.807, 2.05) is 0 Å². The Bertz CT molecular complexity index is 561. The van der Waals surface area contributed by atoms with Gasteiger partial charge >= 0.3 is 0 Å². The van der Waals surface area contributed by atoms with Gasteiger partial charge in [0.05, 0.1) is 6.04 Å². The molecule has 2 rings (SSSR count). The molecule has 102 valence electrons. The fraction of sp³-hybridized carbons (Fsp3) is 0.333. The van der Waals surface area contributed by atoms with E-state index in [4.69, 9.17) is 5.73 Å². The first kappa shape index (κ1) is 13.6. The molecule has 0 saturated heterocycles. The second kappa shape index (κ2) is 4.37. The van der Waals surface area contributed by atoms with Crippen molar-refractivity contribution in [3.8, 4) is 0 Å². The van der Waals surface area contributed by atoms with Crippen molar-refractivity contribution in [3.05, 3.63) is 47.8 Å². The van der Waals surface area contributed by atoms with Crippen molar-refractivity contribution in [2.24, 2.45) is 0 Å². The third-order valence-electron chi connectivity index (χ3n) is 3.95. The van der Waals surface area contributed by atoms with E-state index >= 15 is 0 Å². The third kappa shape index (κ3) is 2.11. The van der Waals surface area contributed by atoms with Crippen molar-refractivity contribution in [3.63, 3.8) is 0 Å². The molecule has 0 saturated carbocycles. The first-order valence-electron chi connectivity index (χ1n) is 6.13. The molecule has 0 aliphatic carbocycles. The zero-order valence-electron chi connectivity index (χ0n) is 11.4. The van der Waals surface area contributed by atoms with Crippen LogP contribution in [0.3, 0.4) is 0 Å². The Morgan fingerprint density at radius 1 is 1.42 bits per heavy atom. The second-order valence-corrected chi connectivity index (χ2v) is 5.16. The first-order valence-corrected chi connectivity index (χ1v) is 6.13. The van der Waals surface area contributed by atoms with E-state index in [2.05, 4.69) is 6.58 Å². The summed E-state index contributed by atoms with van der Waals surface area (Å²) in [7, 11) is 1.75. The maximum absolute atomic E-state index is 14.5. The average Bonchev–Trinajstić information content (AvgIpc) is 2.33. The fourth-order valence-electron chi connectivity index (χ4n) is 2.26. The molecule has 0 amide bonds. The van der Waals surface area contributed by atoms with Crippen molar-refractivity contribution in [1.82, 2.24) is 4.90 Å². The van der Waals surface area contributed by atoms with Gasteiger partial charge in [-0.3, -0.25) is 0 Å². The van der Waals surface area contributed by atoms with Crippen LogP contribution < -0.4 is 5.73 Å². The number of nitrogens with zero attached hydrogens (tertiary/aromatic N) is 1. The monoisotopic (exact) mass is 264 g/mol. The lowest BCUT2D eigenvalue weighted by Gasteiger charge is -2.42. The highest BCUT2D eigenvalue weighted by molar-refractivity contribution is 5.71. The van der Waals surface area contributed by atoms with Crippen LogP contribution in [0, 0.1) is 5.82 Å². The Hall–Kier alpha value is -1.84. The van der Waals surface area contributed by atoms with Crippen LogP contribution in [0.4, 0.5) is 14.5 Å². The molecule has 19 heavy (non-hydrogen) atoms. The molecular weight excluding hydrogens is 246 g/mol. The predicted octanol–water partition coefficient (Wildman–Crippen LogP) is 3.37. The molecule has 4 heteroatoms. The largest absolute Gasteiger partial charge is 0.399 e. The van der Waals surface area contributed by atoms with Crippen LogP contribution in [0.1, 0.15) is 19.4 Å². The van der Waals surface area contributed by atoms with Crippen LogP contribution in [0.5, 0.6) is 0 Å². The van der Waals surface area contributed by atoms with Gasteiger partial charge in [0.1, 0.15) is 5.82 Å². The van der Waals surface area contributed by atoms with Crippen LogP contribution in [0.15, 0.2) is 36.4 Å². The minimum absolute atomic E-state index is 0.351. The second-order valence-electron chi connectivity index (χ2n) is 5.16. The number of nitrogens with two attached hydrogens (primary N) is 1. The normalized spacial score (nSPS) is 27.4. The maximum Gasteiger partial charge on any atom is 0.152 e. The molecule has 1 aromatic rings. The number of nitrogen functional groups attached to an aromatic ring is 1.